The number of carbonyl (C=O) groups is 2. The molecule has 0 saturated heterocycles. The van der Waals surface area contributed by atoms with E-state index in [4.69, 9.17) is 9.47 Å². The highest BCUT2D eigenvalue weighted by molar-refractivity contribution is 5.97. The fourth-order valence-corrected chi connectivity index (χ4v) is 3.03. The fraction of sp³-hybridized carbons (Fsp3) is 0.391. The first-order chi connectivity index (χ1) is 13.8. The number of aryl methyl sites for hydroxylation is 1. The Balaban J connectivity index is 1.96. The van der Waals surface area contributed by atoms with Crippen molar-refractivity contribution in [3.63, 3.8) is 0 Å². The van der Waals surface area contributed by atoms with E-state index in [1.165, 1.54) is 0 Å². The van der Waals surface area contributed by atoms with Crippen LogP contribution >= 0.6 is 0 Å². The molecule has 1 unspecified atom stereocenters. The zero-order chi connectivity index (χ0) is 21.4. The molecule has 2 aromatic carbocycles. The van der Waals surface area contributed by atoms with Crippen molar-refractivity contribution in [3.8, 4) is 11.5 Å². The summed E-state index contributed by atoms with van der Waals surface area (Å²) in [5, 5.41) is 5.76. The molecule has 0 aliphatic carbocycles. The maximum absolute atomic E-state index is 12.7. The maximum atomic E-state index is 12.7. The van der Waals surface area contributed by atoms with E-state index in [-0.39, 0.29) is 17.7 Å². The average Bonchev–Trinajstić information content (AvgIpc) is 2.71. The minimum Gasteiger partial charge on any atom is -0.497 e. The number of rotatable bonds is 9. The van der Waals surface area contributed by atoms with Crippen LogP contribution in [0.15, 0.2) is 42.5 Å². The minimum atomic E-state index is -0.621. The van der Waals surface area contributed by atoms with Crippen LogP contribution in [0, 0.1) is 12.8 Å². The number of ether oxygens (including phenoxy) is 2. The van der Waals surface area contributed by atoms with E-state index in [0.717, 1.165) is 16.9 Å². The molecule has 2 rings (SSSR count). The Morgan fingerprint density at radius 1 is 1.00 bits per heavy atom. The zero-order valence-corrected chi connectivity index (χ0v) is 17.7. The molecule has 6 heteroatoms. The molecule has 2 amide bonds. The largest absolute Gasteiger partial charge is 0.497 e. The molecule has 0 radical (unpaired) electrons. The average molecular weight is 399 g/mol. The lowest BCUT2D eigenvalue weighted by atomic mass is 10.0. The number of amides is 2. The summed E-state index contributed by atoms with van der Waals surface area (Å²) in [5.41, 5.74) is 2.66. The number of carbonyl (C=O) groups excluding carboxylic acids is 2. The highest BCUT2D eigenvalue weighted by Gasteiger charge is 2.24. The lowest BCUT2D eigenvalue weighted by molar-refractivity contribution is -0.123. The Morgan fingerprint density at radius 2 is 1.69 bits per heavy atom. The smallest absolute Gasteiger partial charge is 0.251 e. The van der Waals surface area contributed by atoms with Crippen LogP contribution in [0.1, 0.15) is 35.3 Å². The number of hydrogen-bond donors (Lipinski definition) is 2. The molecule has 0 saturated carbocycles. The molecule has 0 heterocycles. The van der Waals surface area contributed by atoms with Gasteiger partial charge in [0.1, 0.15) is 17.5 Å². The third-order valence-corrected chi connectivity index (χ3v) is 4.72. The fourth-order valence-electron chi connectivity index (χ4n) is 3.03. The second kappa shape index (κ2) is 10.5. The van der Waals surface area contributed by atoms with Gasteiger partial charge < -0.3 is 20.1 Å². The quantitative estimate of drug-likeness (QED) is 0.680. The van der Waals surface area contributed by atoms with Crippen molar-refractivity contribution in [2.24, 2.45) is 5.92 Å². The second-order valence-corrected chi connectivity index (χ2v) is 7.28. The van der Waals surface area contributed by atoms with Crippen LogP contribution in [0.2, 0.25) is 0 Å². The first-order valence-electron chi connectivity index (χ1n) is 9.71. The van der Waals surface area contributed by atoms with Crippen molar-refractivity contribution < 1.29 is 19.1 Å². The van der Waals surface area contributed by atoms with E-state index in [2.05, 4.69) is 16.7 Å². The third kappa shape index (κ3) is 6.24. The van der Waals surface area contributed by atoms with E-state index in [0.29, 0.717) is 24.3 Å². The van der Waals surface area contributed by atoms with Crippen LogP contribution in [0.4, 0.5) is 0 Å². The Hall–Kier alpha value is -3.02. The van der Waals surface area contributed by atoms with E-state index in [1.54, 1.807) is 38.5 Å². The van der Waals surface area contributed by atoms with Crippen LogP contribution in [0.5, 0.6) is 11.5 Å². The van der Waals surface area contributed by atoms with E-state index in [9.17, 15) is 9.59 Å². The minimum absolute atomic E-state index is 0.0503. The summed E-state index contributed by atoms with van der Waals surface area (Å²) in [7, 11) is 3.21. The molecular weight excluding hydrogens is 368 g/mol. The van der Waals surface area contributed by atoms with Gasteiger partial charge in [0.25, 0.3) is 5.91 Å². The van der Waals surface area contributed by atoms with Crippen molar-refractivity contribution in [1.82, 2.24) is 10.6 Å². The normalized spacial score (nSPS) is 11.7. The van der Waals surface area contributed by atoms with Crippen molar-refractivity contribution >= 4 is 11.8 Å². The standard InChI is InChI=1S/C23H30N2O4/c1-15(2)21(25-22(26)17-7-9-19(28-4)10-8-17)23(27)24-13-12-18-14-16(3)6-11-20(18)29-5/h6-11,14-15,21H,12-13H2,1-5H3,(H,24,27)(H,25,26). The topological polar surface area (TPSA) is 76.7 Å². The highest BCUT2D eigenvalue weighted by Crippen LogP contribution is 2.20. The van der Waals surface area contributed by atoms with Gasteiger partial charge in [-0.3, -0.25) is 9.59 Å². The summed E-state index contributed by atoms with van der Waals surface area (Å²) < 4.78 is 10.5. The molecule has 29 heavy (non-hydrogen) atoms. The van der Waals surface area contributed by atoms with E-state index < -0.39 is 6.04 Å². The van der Waals surface area contributed by atoms with E-state index >= 15 is 0 Å². The van der Waals surface area contributed by atoms with Crippen molar-refractivity contribution in [1.29, 1.82) is 0 Å². The van der Waals surface area contributed by atoms with Crippen LogP contribution in [0.25, 0.3) is 0 Å². The monoisotopic (exact) mass is 398 g/mol. The van der Waals surface area contributed by atoms with Gasteiger partial charge in [0, 0.05) is 12.1 Å². The third-order valence-electron chi connectivity index (χ3n) is 4.72. The van der Waals surface area contributed by atoms with Gasteiger partial charge in [-0.1, -0.05) is 31.5 Å². The summed E-state index contributed by atoms with van der Waals surface area (Å²) in [6.45, 7) is 6.29. The molecule has 0 aliphatic heterocycles. The van der Waals surface area contributed by atoms with Crippen molar-refractivity contribution in [2.45, 2.75) is 33.2 Å². The second-order valence-electron chi connectivity index (χ2n) is 7.28. The maximum Gasteiger partial charge on any atom is 0.251 e. The molecule has 0 aliphatic rings. The first kappa shape index (κ1) is 22.3. The summed E-state index contributed by atoms with van der Waals surface area (Å²) in [6.07, 6.45) is 0.647. The molecule has 2 N–H and O–H groups in total. The Kier molecular flexibility index (Phi) is 8.07. The molecule has 6 nitrogen and oxygen atoms in total. The molecule has 2 aromatic rings. The highest BCUT2D eigenvalue weighted by atomic mass is 16.5. The van der Waals surface area contributed by atoms with Gasteiger partial charge in [-0.15, -0.1) is 0 Å². The Morgan fingerprint density at radius 3 is 2.28 bits per heavy atom. The molecule has 1 atom stereocenters. The van der Waals surface area contributed by atoms with Crippen LogP contribution in [-0.4, -0.2) is 38.6 Å². The first-order valence-corrected chi connectivity index (χ1v) is 9.71. The van der Waals surface area contributed by atoms with Gasteiger partial charge in [-0.2, -0.15) is 0 Å². The number of methoxy groups -OCH3 is 2. The van der Waals surface area contributed by atoms with E-state index in [1.807, 2.05) is 32.9 Å². The van der Waals surface area contributed by atoms with Gasteiger partial charge in [-0.05, 0) is 55.2 Å². The number of benzene rings is 2. The predicted octanol–water partition coefficient (Wildman–Crippen LogP) is 3.13. The summed E-state index contributed by atoms with van der Waals surface area (Å²) in [5.74, 6) is 0.936. The van der Waals surface area contributed by atoms with Crippen LogP contribution in [0.3, 0.4) is 0 Å². The molecule has 0 spiro atoms. The summed E-state index contributed by atoms with van der Waals surface area (Å²) in [6, 6.07) is 12.1. The Bertz CT molecular complexity index is 831. The van der Waals surface area contributed by atoms with Crippen molar-refractivity contribution in [2.75, 3.05) is 20.8 Å². The van der Waals surface area contributed by atoms with Gasteiger partial charge in [0.2, 0.25) is 5.91 Å². The summed E-state index contributed by atoms with van der Waals surface area (Å²) in [4.78, 5) is 25.2. The van der Waals surface area contributed by atoms with Crippen LogP contribution < -0.4 is 20.1 Å². The number of hydrogen-bond acceptors (Lipinski definition) is 4. The van der Waals surface area contributed by atoms with Crippen LogP contribution in [-0.2, 0) is 11.2 Å². The SMILES string of the molecule is COc1ccc(C(=O)NC(C(=O)NCCc2cc(C)ccc2OC)C(C)C)cc1. The lowest BCUT2D eigenvalue weighted by Crippen LogP contribution is -2.50. The molecule has 0 fully saturated rings. The van der Waals surface area contributed by atoms with Gasteiger partial charge in [0.05, 0.1) is 14.2 Å². The van der Waals surface area contributed by atoms with Gasteiger partial charge in [0.15, 0.2) is 0 Å². The summed E-state index contributed by atoms with van der Waals surface area (Å²) >= 11 is 0. The number of nitrogens with one attached hydrogen (secondary N) is 2. The van der Waals surface area contributed by atoms with Gasteiger partial charge in [-0.25, -0.2) is 0 Å². The van der Waals surface area contributed by atoms with Crippen molar-refractivity contribution in [3.05, 3.63) is 59.2 Å². The molecular formula is C23H30N2O4. The van der Waals surface area contributed by atoms with Gasteiger partial charge >= 0.3 is 0 Å². The predicted molar refractivity (Wildman–Crippen MR) is 114 cm³/mol. The molecule has 0 bridgehead atoms. The lowest BCUT2D eigenvalue weighted by Gasteiger charge is -2.22. The molecule has 156 valence electrons. The zero-order valence-electron chi connectivity index (χ0n) is 17.7. The Labute approximate surface area is 172 Å². The molecule has 0 aromatic heterocycles.